The maximum atomic E-state index is 12.5. The third-order valence-corrected chi connectivity index (χ3v) is 4.85. The van der Waals surface area contributed by atoms with Gasteiger partial charge >= 0.3 is 6.03 Å². The zero-order valence-corrected chi connectivity index (χ0v) is 16.0. The molecule has 1 aliphatic rings. The molecule has 2 aromatic rings. The highest BCUT2D eigenvalue weighted by Crippen LogP contribution is 2.40. The minimum atomic E-state index is -0.151. The van der Waals surface area contributed by atoms with E-state index in [1.54, 1.807) is 11.9 Å². The largest absolute Gasteiger partial charge is 0.492 e. The molecule has 0 aliphatic heterocycles. The van der Waals surface area contributed by atoms with Crippen LogP contribution in [-0.2, 0) is 0 Å². The van der Waals surface area contributed by atoms with Gasteiger partial charge in [-0.15, -0.1) is 0 Å². The number of nitrogens with zero attached hydrogens (tertiary/aromatic N) is 3. The fourth-order valence-corrected chi connectivity index (χ4v) is 2.94. The molecule has 6 heteroatoms. The van der Waals surface area contributed by atoms with Crippen molar-refractivity contribution in [2.75, 3.05) is 25.5 Å². The van der Waals surface area contributed by atoms with E-state index in [1.807, 2.05) is 48.9 Å². The van der Waals surface area contributed by atoms with Gasteiger partial charge in [-0.25, -0.2) is 9.48 Å². The zero-order valence-electron chi connectivity index (χ0n) is 16.0. The van der Waals surface area contributed by atoms with E-state index in [-0.39, 0.29) is 6.03 Å². The van der Waals surface area contributed by atoms with Crippen LogP contribution in [0.15, 0.2) is 30.3 Å². The lowest BCUT2D eigenvalue weighted by molar-refractivity contribution is 0.207. The summed E-state index contributed by atoms with van der Waals surface area (Å²) in [6, 6.07) is 9.99. The first kappa shape index (κ1) is 18.3. The van der Waals surface area contributed by atoms with E-state index >= 15 is 0 Å². The highest BCUT2D eigenvalue weighted by Gasteiger charge is 2.31. The maximum Gasteiger partial charge on any atom is 0.322 e. The Kier molecular flexibility index (Phi) is 5.49. The summed E-state index contributed by atoms with van der Waals surface area (Å²) in [5.41, 5.74) is 2.11. The van der Waals surface area contributed by atoms with Crippen molar-refractivity contribution in [3.63, 3.8) is 0 Å². The first-order valence-electron chi connectivity index (χ1n) is 9.22. The number of aryl methyl sites for hydroxylation is 2. The normalized spacial score (nSPS) is 14.8. The molecule has 1 N–H and O–H groups in total. The molecule has 1 atom stereocenters. The zero-order chi connectivity index (χ0) is 18.7. The number of anilines is 1. The molecule has 1 aliphatic carbocycles. The minimum absolute atomic E-state index is 0.151. The number of hydrogen-bond donors (Lipinski definition) is 1. The molecule has 0 saturated heterocycles. The summed E-state index contributed by atoms with van der Waals surface area (Å²) in [7, 11) is 1.77. The summed E-state index contributed by atoms with van der Waals surface area (Å²) in [4.78, 5) is 14.1. The highest BCUT2D eigenvalue weighted by atomic mass is 16.5. The molecule has 0 bridgehead atoms. The van der Waals surface area contributed by atoms with Crippen LogP contribution >= 0.6 is 0 Å². The lowest BCUT2D eigenvalue weighted by Crippen LogP contribution is -2.35. The van der Waals surface area contributed by atoms with Crippen molar-refractivity contribution in [3.8, 4) is 5.75 Å². The van der Waals surface area contributed by atoms with E-state index < -0.39 is 0 Å². The lowest BCUT2D eigenvalue weighted by Gasteiger charge is -2.20. The van der Waals surface area contributed by atoms with E-state index in [0.717, 1.165) is 17.3 Å². The summed E-state index contributed by atoms with van der Waals surface area (Å²) in [5, 5.41) is 7.53. The molecule has 0 radical (unpaired) electrons. The number of hydrogen-bond acceptors (Lipinski definition) is 3. The first-order chi connectivity index (χ1) is 12.4. The van der Waals surface area contributed by atoms with Gasteiger partial charge in [-0.05, 0) is 51.7 Å². The summed E-state index contributed by atoms with van der Waals surface area (Å²) in [6.45, 7) is 7.11. The Bertz CT molecular complexity index is 750. The summed E-state index contributed by atoms with van der Waals surface area (Å²) in [5.74, 6) is 2.25. The predicted octanol–water partition coefficient (Wildman–Crippen LogP) is 4.01. The second kappa shape index (κ2) is 7.81. The second-order valence-corrected chi connectivity index (χ2v) is 7.21. The number of carbonyl (C=O) groups is 1. The number of aromatic nitrogens is 2. The molecule has 0 unspecified atom stereocenters. The smallest absolute Gasteiger partial charge is 0.322 e. The number of rotatable bonds is 7. The van der Waals surface area contributed by atoms with Crippen molar-refractivity contribution < 1.29 is 9.53 Å². The van der Waals surface area contributed by atoms with Gasteiger partial charge in [0.25, 0.3) is 0 Å². The van der Waals surface area contributed by atoms with E-state index in [0.29, 0.717) is 25.1 Å². The Hall–Kier alpha value is -2.50. The van der Waals surface area contributed by atoms with Crippen LogP contribution in [0.3, 0.4) is 0 Å². The van der Waals surface area contributed by atoms with Crippen molar-refractivity contribution in [2.24, 2.45) is 5.92 Å². The van der Waals surface area contributed by atoms with E-state index in [1.165, 1.54) is 18.4 Å². The fraction of sp³-hybridized carbons (Fsp3) is 0.500. The molecule has 0 spiro atoms. The van der Waals surface area contributed by atoms with Crippen molar-refractivity contribution in [3.05, 3.63) is 41.6 Å². The van der Waals surface area contributed by atoms with Crippen LogP contribution in [0.2, 0.25) is 0 Å². The van der Waals surface area contributed by atoms with Gasteiger partial charge in [-0.2, -0.15) is 5.10 Å². The van der Waals surface area contributed by atoms with Gasteiger partial charge in [0.05, 0.1) is 18.3 Å². The van der Waals surface area contributed by atoms with Gasteiger partial charge in [0.15, 0.2) is 0 Å². The number of amides is 2. The highest BCUT2D eigenvalue weighted by molar-refractivity contribution is 5.88. The average molecular weight is 356 g/mol. The topological polar surface area (TPSA) is 59.4 Å². The standard InChI is InChI=1S/C20H28N4O2/c1-14-5-9-18(10-6-14)26-12-11-23(4)20(25)21-19-13-15(2)22-24(19)16(3)17-7-8-17/h5-6,9-10,13,16-17H,7-8,11-12H2,1-4H3,(H,21,25)/t16-/m0/s1. The molecular weight excluding hydrogens is 328 g/mol. The number of urea groups is 1. The summed E-state index contributed by atoms with van der Waals surface area (Å²) < 4.78 is 7.64. The number of benzene rings is 1. The maximum absolute atomic E-state index is 12.5. The van der Waals surface area contributed by atoms with Gasteiger partial charge < -0.3 is 9.64 Å². The minimum Gasteiger partial charge on any atom is -0.492 e. The van der Waals surface area contributed by atoms with E-state index in [4.69, 9.17) is 4.74 Å². The van der Waals surface area contributed by atoms with E-state index in [9.17, 15) is 4.79 Å². The predicted molar refractivity (Wildman–Crippen MR) is 103 cm³/mol. The molecule has 26 heavy (non-hydrogen) atoms. The van der Waals surface area contributed by atoms with Crippen molar-refractivity contribution in [1.29, 1.82) is 0 Å². The van der Waals surface area contributed by atoms with Crippen LogP contribution in [0, 0.1) is 19.8 Å². The van der Waals surface area contributed by atoms with Crippen LogP contribution in [0.5, 0.6) is 5.75 Å². The van der Waals surface area contributed by atoms with E-state index in [2.05, 4.69) is 17.3 Å². The SMILES string of the molecule is Cc1ccc(OCCN(C)C(=O)Nc2cc(C)nn2[C@@H](C)C2CC2)cc1. The van der Waals surface area contributed by atoms with Crippen LogP contribution in [0.4, 0.5) is 10.6 Å². The van der Waals surface area contributed by atoms with Crippen molar-refractivity contribution in [1.82, 2.24) is 14.7 Å². The molecule has 1 aromatic heterocycles. The molecular formula is C20H28N4O2. The van der Waals surface area contributed by atoms with Crippen LogP contribution in [-0.4, -0.2) is 40.9 Å². The third-order valence-electron chi connectivity index (χ3n) is 4.85. The number of likely N-dealkylation sites (N-methyl/N-ethyl adjacent to an activating group) is 1. The van der Waals surface area contributed by atoms with Gasteiger partial charge in [-0.3, -0.25) is 5.32 Å². The van der Waals surface area contributed by atoms with Crippen LogP contribution in [0.25, 0.3) is 0 Å². The molecule has 3 rings (SSSR count). The number of carbonyl (C=O) groups excluding carboxylic acids is 1. The van der Waals surface area contributed by atoms with Gasteiger partial charge in [0, 0.05) is 13.1 Å². The van der Waals surface area contributed by atoms with Crippen LogP contribution in [0.1, 0.15) is 37.1 Å². The second-order valence-electron chi connectivity index (χ2n) is 7.21. The monoisotopic (exact) mass is 356 g/mol. The Morgan fingerprint density at radius 3 is 2.69 bits per heavy atom. The third kappa shape index (κ3) is 4.56. The lowest BCUT2D eigenvalue weighted by atomic mass is 10.2. The molecule has 140 valence electrons. The molecule has 6 nitrogen and oxygen atoms in total. The average Bonchev–Trinajstić information content (AvgIpc) is 3.39. The first-order valence-corrected chi connectivity index (χ1v) is 9.22. The van der Waals surface area contributed by atoms with Crippen molar-refractivity contribution in [2.45, 2.75) is 39.7 Å². The summed E-state index contributed by atoms with van der Waals surface area (Å²) >= 11 is 0. The molecule has 1 aromatic carbocycles. The Morgan fingerprint density at radius 1 is 1.35 bits per heavy atom. The van der Waals surface area contributed by atoms with Gasteiger partial charge in [0.1, 0.15) is 18.2 Å². The quantitative estimate of drug-likeness (QED) is 0.815. The Balaban J connectivity index is 1.51. The molecule has 1 fully saturated rings. The Labute approximate surface area is 155 Å². The number of nitrogens with one attached hydrogen (secondary N) is 1. The van der Waals surface area contributed by atoms with Crippen LogP contribution < -0.4 is 10.1 Å². The summed E-state index contributed by atoms with van der Waals surface area (Å²) in [6.07, 6.45) is 2.48. The van der Waals surface area contributed by atoms with Gasteiger partial charge in [0.2, 0.25) is 0 Å². The number of ether oxygens (including phenoxy) is 1. The molecule has 1 saturated carbocycles. The van der Waals surface area contributed by atoms with Crippen molar-refractivity contribution >= 4 is 11.8 Å². The van der Waals surface area contributed by atoms with Gasteiger partial charge in [-0.1, -0.05) is 17.7 Å². The fourth-order valence-electron chi connectivity index (χ4n) is 2.94. The molecule has 2 amide bonds. The molecule has 1 heterocycles. The Morgan fingerprint density at radius 2 is 2.04 bits per heavy atom.